The molecule has 1 amide bonds. The van der Waals surface area contributed by atoms with Gasteiger partial charge in [-0.25, -0.2) is 0 Å². The molecule has 1 aromatic heterocycles. The quantitative estimate of drug-likeness (QED) is 0.496. The first kappa shape index (κ1) is 19.9. The number of hydrogen-bond donors (Lipinski definition) is 1. The van der Waals surface area contributed by atoms with Crippen LogP contribution in [0.4, 0.5) is 0 Å². The first-order chi connectivity index (χ1) is 13.3. The Hall–Kier alpha value is -1.83. The molecule has 0 bridgehead atoms. The fraction of sp³-hybridized carbons (Fsp3) is 0.250. The summed E-state index contributed by atoms with van der Waals surface area (Å²) in [5.74, 6) is 0.415. The summed E-state index contributed by atoms with van der Waals surface area (Å²) in [5, 5.41) is 11.6. The molecule has 0 fully saturated rings. The van der Waals surface area contributed by atoms with Gasteiger partial charge in [-0.2, -0.15) is 0 Å². The van der Waals surface area contributed by atoms with Gasteiger partial charge in [-0.15, -0.1) is 10.2 Å². The number of hydrogen-bond acceptors (Lipinski definition) is 6. The van der Waals surface area contributed by atoms with Crippen LogP contribution >= 0.6 is 34.9 Å². The van der Waals surface area contributed by atoms with Crippen LogP contribution < -0.4 is 5.32 Å². The molecule has 1 N–H and O–H groups in total. The van der Waals surface area contributed by atoms with Crippen LogP contribution in [0.3, 0.4) is 0 Å². The second kappa shape index (κ2) is 10.5. The number of benzene rings is 2. The molecule has 0 saturated heterocycles. The van der Waals surface area contributed by atoms with E-state index in [0.29, 0.717) is 12.3 Å². The van der Waals surface area contributed by atoms with E-state index in [2.05, 4.69) is 64.0 Å². The third kappa shape index (κ3) is 6.09. The smallest absolute Gasteiger partial charge is 0.230 e. The highest BCUT2D eigenvalue weighted by molar-refractivity contribution is 8.03. The van der Waals surface area contributed by atoms with Crippen molar-refractivity contribution >= 4 is 40.8 Å². The van der Waals surface area contributed by atoms with Gasteiger partial charge in [0.05, 0.1) is 11.0 Å². The predicted molar refractivity (Wildman–Crippen MR) is 115 cm³/mol. The van der Waals surface area contributed by atoms with Gasteiger partial charge in [0, 0.05) is 6.54 Å². The normalized spacial score (nSPS) is 10.9. The van der Waals surface area contributed by atoms with Crippen molar-refractivity contribution in [1.29, 1.82) is 0 Å². The van der Waals surface area contributed by atoms with Crippen LogP contribution in [0.1, 0.15) is 29.7 Å². The van der Waals surface area contributed by atoms with E-state index in [1.165, 1.54) is 22.9 Å². The number of carbonyl (C=O) groups is 1. The van der Waals surface area contributed by atoms with Crippen LogP contribution in [0, 0.1) is 0 Å². The molecule has 3 rings (SSSR count). The Labute approximate surface area is 172 Å². The summed E-state index contributed by atoms with van der Waals surface area (Å²) in [4.78, 5) is 11.7. The van der Waals surface area contributed by atoms with Gasteiger partial charge in [0.15, 0.2) is 8.68 Å². The van der Waals surface area contributed by atoms with Crippen LogP contribution in [0.2, 0.25) is 0 Å². The number of nitrogens with zero attached hydrogens (tertiary/aromatic N) is 2. The third-order valence-corrected chi connectivity index (χ3v) is 7.16. The maximum absolute atomic E-state index is 11.7. The van der Waals surface area contributed by atoms with E-state index >= 15 is 0 Å². The maximum atomic E-state index is 11.7. The summed E-state index contributed by atoms with van der Waals surface area (Å²) in [6, 6.07) is 20.8. The monoisotopic (exact) mass is 415 g/mol. The van der Waals surface area contributed by atoms with Crippen molar-refractivity contribution in [1.82, 2.24) is 15.5 Å². The number of thioether (sulfide) groups is 2. The molecule has 0 unspecified atom stereocenters. The van der Waals surface area contributed by atoms with Gasteiger partial charge in [-0.3, -0.25) is 4.79 Å². The lowest BCUT2D eigenvalue weighted by atomic mass is 10.0. The SMILES string of the molecule is CCCNC(=O)CSc1nnc(SC(c2ccccc2)c2ccccc2)s1. The van der Waals surface area contributed by atoms with E-state index in [4.69, 9.17) is 0 Å². The van der Waals surface area contributed by atoms with E-state index in [-0.39, 0.29) is 11.2 Å². The molecule has 4 nitrogen and oxygen atoms in total. The van der Waals surface area contributed by atoms with Gasteiger partial charge >= 0.3 is 0 Å². The van der Waals surface area contributed by atoms with Crippen LogP contribution in [0.5, 0.6) is 0 Å². The zero-order chi connectivity index (χ0) is 18.9. The molecule has 0 aliphatic rings. The van der Waals surface area contributed by atoms with E-state index < -0.39 is 0 Å². The Morgan fingerprint density at radius 2 is 1.59 bits per heavy atom. The van der Waals surface area contributed by atoms with Gasteiger partial charge in [-0.1, -0.05) is 102 Å². The van der Waals surface area contributed by atoms with Crippen molar-refractivity contribution in [3.63, 3.8) is 0 Å². The van der Waals surface area contributed by atoms with Gasteiger partial charge in [-0.05, 0) is 17.5 Å². The summed E-state index contributed by atoms with van der Waals surface area (Å²) in [6.07, 6.45) is 0.941. The molecule has 140 valence electrons. The fourth-order valence-corrected chi connectivity index (χ4v) is 5.60. The summed E-state index contributed by atoms with van der Waals surface area (Å²) < 4.78 is 1.73. The number of rotatable bonds is 9. The highest BCUT2D eigenvalue weighted by atomic mass is 32.2. The Balaban J connectivity index is 1.68. The first-order valence-corrected chi connectivity index (χ1v) is 11.4. The topological polar surface area (TPSA) is 54.9 Å². The molecule has 7 heteroatoms. The van der Waals surface area contributed by atoms with Crippen molar-refractivity contribution in [2.24, 2.45) is 0 Å². The largest absolute Gasteiger partial charge is 0.355 e. The minimum atomic E-state index is 0.0395. The molecule has 0 saturated carbocycles. The highest BCUT2D eigenvalue weighted by Gasteiger charge is 2.18. The summed E-state index contributed by atoms with van der Waals surface area (Å²) >= 11 is 4.67. The lowest BCUT2D eigenvalue weighted by molar-refractivity contribution is -0.118. The Morgan fingerprint density at radius 1 is 1.00 bits per heavy atom. The molecule has 0 aliphatic carbocycles. The van der Waals surface area contributed by atoms with Crippen molar-refractivity contribution in [2.75, 3.05) is 12.3 Å². The standard InChI is InChI=1S/C20H21N3OS3/c1-2-13-21-17(24)14-25-19-22-23-20(27-19)26-18(15-9-5-3-6-10-15)16-11-7-4-8-12-16/h3-12,18H,2,13-14H2,1H3,(H,21,24). The highest BCUT2D eigenvalue weighted by Crippen LogP contribution is 2.42. The van der Waals surface area contributed by atoms with Crippen LogP contribution in [0.15, 0.2) is 69.3 Å². The minimum absolute atomic E-state index is 0.0395. The molecule has 0 radical (unpaired) electrons. The third-order valence-electron chi connectivity index (χ3n) is 3.71. The molecule has 3 aromatic rings. The van der Waals surface area contributed by atoms with E-state index in [1.54, 1.807) is 23.1 Å². The molecule has 1 heterocycles. The lowest BCUT2D eigenvalue weighted by Crippen LogP contribution is -2.25. The Kier molecular flexibility index (Phi) is 7.74. The van der Waals surface area contributed by atoms with Gasteiger partial charge in [0.1, 0.15) is 0 Å². The molecular formula is C20H21N3OS3. The average Bonchev–Trinajstić information content (AvgIpc) is 3.18. The van der Waals surface area contributed by atoms with Crippen molar-refractivity contribution < 1.29 is 4.79 Å². The van der Waals surface area contributed by atoms with Crippen LogP contribution in [-0.2, 0) is 4.79 Å². The molecule has 0 spiro atoms. The molecular weight excluding hydrogens is 394 g/mol. The van der Waals surface area contributed by atoms with Crippen molar-refractivity contribution in [3.05, 3.63) is 71.8 Å². The van der Waals surface area contributed by atoms with Gasteiger partial charge in [0.2, 0.25) is 5.91 Å². The number of amides is 1. The Bertz CT molecular complexity index is 800. The summed E-state index contributed by atoms with van der Waals surface area (Å²) in [6.45, 7) is 2.75. The van der Waals surface area contributed by atoms with Crippen LogP contribution in [-0.4, -0.2) is 28.4 Å². The molecule has 2 aromatic carbocycles. The number of aromatic nitrogens is 2. The van der Waals surface area contributed by atoms with Gasteiger partial charge < -0.3 is 5.32 Å². The number of nitrogens with one attached hydrogen (secondary N) is 1. The Morgan fingerprint density at radius 3 is 2.19 bits per heavy atom. The second-order valence-electron chi connectivity index (χ2n) is 5.79. The molecule has 0 aliphatic heterocycles. The van der Waals surface area contributed by atoms with Crippen molar-refractivity contribution in [2.45, 2.75) is 27.3 Å². The molecule has 27 heavy (non-hydrogen) atoms. The zero-order valence-electron chi connectivity index (χ0n) is 15.0. The van der Waals surface area contributed by atoms with Gasteiger partial charge in [0.25, 0.3) is 0 Å². The molecule has 0 atom stereocenters. The maximum Gasteiger partial charge on any atom is 0.230 e. The first-order valence-electron chi connectivity index (χ1n) is 8.76. The minimum Gasteiger partial charge on any atom is -0.355 e. The lowest BCUT2D eigenvalue weighted by Gasteiger charge is -2.15. The number of carbonyl (C=O) groups excluding carboxylic acids is 1. The zero-order valence-corrected chi connectivity index (χ0v) is 17.4. The van der Waals surface area contributed by atoms with E-state index in [1.807, 2.05) is 19.1 Å². The van der Waals surface area contributed by atoms with Crippen LogP contribution in [0.25, 0.3) is 0 Å². The predicted octanol–water partition coefficient (Wildman–Crippen LogP) is 5.04. The second-order valence-corrected chi connectivity index (χ2v) is 9.34. The van der Waals surface area contributed by atoms with Crippen molar-refractivity contribution in [3.8, 4) is 0 Å². The summed E-state index contributed by atoms with van der Waals surface area (Å²) in [5.41, 5.74) is 2.47. The average molecular weight is 416 g/mol. The van der Waals surface area contributed by atoms with E-state index in [9.17, 15) is 4.79 Å². The summed E-state index contributed by atoms with van der Waals surface area (Å²) in [7, 11) is 0. The van der Waals surface area contributed by atoms with E-state index in [0.717, 1.165) is 15.1 Å². The fourth-order valence-electron chi connectivity index (χ4n) is 2.43.